The van der Waals surface area contributed by atoms with E-state index in [4.69, 9.17) is 0 Å². The van der Waals surface area contributed by atoms with Gasteiger partial charge in [0, 0.05) is 30.9 Å². The van der Waals surface area contributed by atoms with Crippen molar-refractivity contribution in [3.05, 3.63) is 34.2 Å². The van der Waals surface area contributed by atoms with Gasteiger partial charge in [-0.05, 0) is 30.7 Å². The minimum absolute atomic E-state index is 0.00937. The normalized spacial score (nSPS) is 26.8. The Morgan fingerprint density at radius 3 is 2.79 bits per heavy atom. The number of aromatic nitrogens is 1. The molecule has 1 amide bonds. The van der Waals surface area contributed by atoms with Crippen molar-refractivity contribution in [3.8, 4) is 0 Å². The lowest BCUT2D eigenvalue weighted by atomic mass is 9.75. The van der Waals surface area contributed by atoms with Gasteiger partial charge in [0.1, 0.15) is 0 Å². The Labute approximate surface area is 112 Å². The Bertz CT molecular complexity index is 523. The summed E-state index contributed by atoms with van der Waals surface area (Å²) in [5.74, 6) is 1.50. The van der Waals surface area contributed by atoms with Crippen molar-refractivity contribution in [2.24, 2.45) is 11.8 Å². The Hall–Kier alpha value is -1.58. The molecule has 0 aromatic carbocycles. The zero-order chi connectivity index (χ0) is 13.2. The number of rotatable bonds is 1. The molecule has 1 saturated heterocycles. The molecule has 102 valence electrons. The standard InChI is InChI=1S/C15H20N2O2/c18-14-9-12(5-7-16-14)15(19)17-8-6-11-3-1-2-4-13(11)10-17/h5,7,9,11,13H,1-4,6,8,10H2,(H,16,18). The molecule has 1 N–H and O–H groups in total. The van der Waals surface area contributed by atoms with Gasteiger partial charge in [0.2, 0.25) is 5.56 Å². The third-order valence-corrected chi connectivity index (χ3v) is 4.60. The van der Waals surface area contributed by atoms with Crippen molar-refractivity contribution in [2.75, 3.05) is 13.1 Å². The molecular weight excluding hydrogens is 240 g/mol. The van der Waals surface area contributed by atoms with Gasteiger partial charge in [-0.1, -0.05) is 19.3 Å². The zero-order valence-corrected chi connectivity index (χ0v) is 11.1. The van der Waals surface area contributed by atoms with E-state index >= 15 is 0 Å². The van der Waals surface area contributed by atoms with Crippen LogP contribution in [0.15, 0.2) is 23.1 Å². The lowest BCUT2D eigenvalue weighted by molar-refractivity contribution is 0.0520. The lowest BCUT2D eigenvalue weighted by Crippen LogP contribution is -2.44. The highest BCUT2D eigenvalue weighted by molar-refractivity contribution is 5.94. The molecule has 2 heterocycles. The van der Waals surface area contributed by atoms with Crippen LogP contribution in [0.3, 0.4) is 0 Å². The van der Waals surface area contributed by atoms with Crippen molar-refractivity contribution in [1.29, 1.82) is 0 Å². The van der Waals surface area contributed by atoms with Gasteiger partial charge in [-0.2, -0.15) is 0 Å². The highest BCUT2D eigenvalue weighted by atomic mass is 16.2. The fourth-order valence-corrected chi connectivity index (χ4v) is 3.55. The molecule has 4 nitrogen and oxygen atoms in total. The van der Waals surface area contributed by atoms with Crippen molar-refractivity contribution in [2.45, 2.75) is 32.1 Å². The zero-order valence-electron chi connectivity index (χ0n) is 11.1. The summed E-state index contributed by atoms with van der Waals surface area (Å²) in [7, 11) is 0. The highest BCUT2D eigenvalue weighted by Crippen LogP contribution is 2.36. The first-order chi connectivity index (χ1) is 9.24. The SMILES string of the molecule is O=C(c1cc[nH]c(=O)c1)N1CCC2CCCCC2C1. The van der Waals surface area contributed by atoms with Crippen molar-refractivity contribution >= 4 is 5.91 Å². The number of hydrogen-bond acceptors (Lipinski definition) is 2. The van der Waals surface area contributed by atoms with E-state index in [9.17, 15) is 9.59 Å². The van der Waals surface area contributed by atoms with E-state index < -0.39 is 0 Å². The number of carbonyl (C=O) groups excluding carboxylic acids is 1. The number of amides is 1. The number of fused-ring (bicyclic) bond motifs is 1. The molecule has 1 aliphatic carbocycles. The largest absolute Gasteiger partial charge is 0.338 e. The van der Waals surface area contributed by atoms with Crippen LogP contribution in [0.2, 0.25) is 0 Å². The summed E-state index contributed by atoms with van der Waals surface area (Å²) in [6, 6.07) is 3.09. The second kappa shape index (κ2) is 5.19. The van der Waals surface area contributed by atoms with E-state index in [2.05, 4.69) is 4.98 Å². The van der Waals surface area contributed by atoms with E-state index in [0.717, 1.165) is 25.4 Å². The number of likely N-dealkylation sites (tertiary alicyclic amines) is 1. The number of nitrogens with zero attached hydrogens (tertiary/aromatic N) is 1. The first kappa shape index (κ1) is 12.5. The number of nitrogens with one attached hydrogen (secondary N) is 1. The molecule has 4 heteroatoms. The van der Waals surface area contributed by atoms with E-state index in [1.54, 1.807) is 12.3 Å². The van der Waals surface area contributed by atoms with Gasteiger partial charge < -0.3 is 9.88 Å². The molecule has 0 bridgehead atoms. The van der Waals surface area contributed by atoms with E-state index in [1.165, 1.54) is 31.7 Å². The molecule has 1 aromatic rings. The van der Waals surface area contributed by atoms with E-state index in [0.29, 0.717) is 11.5 Å². The minimum atomic E-state index is -0.210. The van der Waals surface area contributed by atoms with Crippen LogP contribution in [0, 0.1) is 11.8 Å². The summed E-state index contributed by atoms with van der Waals surface area (Å²) < 4.78 is 0. The van der Waals surface area contributed by atoms with Crippen LogP contribution in [0.25, 0.3) is 0 Å². The Morgan fingerprint density at radius 2 is 2.00 bits per heavy atom. The highest BCUT2D eigenvalue weighted by Gasteiger charge is 2.33. The minimum Gasteiger partial charge on any atom is -0.338 e. The monoisotopic (exact) mass is 260 g/mol. The summed E-state index contributed by atoms with van der Waals surface area (Å²) in [6.07, 6.45) is 7.90. The quantitative estimate of drug-likeness (QED) is 0.840. The summed E-state index contributed by atoms with van der Waals surface area (Å²) >= 11 is 0. The molecule has 1 aromatic heterocycles. The van der Waals surface area contributed by atoms with Crippen LogP contribution in [-0.4, -0.2) is 28.9 Å². The number of carbonyl (C=O) groups is 1. The second-order valence-electron chi connectivity index (χ2n) is 5.79. The average Bonchev–Trinajstić information content (AvgIpc) is 2.46. The molecule has 0 radical (unpaired) electrons. The van der Waals surface area contributed by atoms with Crippen LogP contribution in [0.5, 0.6) is 0 Å². The topological polar surface area (TPSA) is 53.2 Å². The maximum atomic E-state index is 12.4. The summed E-state index contributed by atoms with van der Waals surface area (Å²) in [4.78, 5) is 28.2. The summed E-state index contributed by atoms with van der Waals surface area (Å²) in [6.45, 7) is 1.71. The third kappa shape index (κ3) is 2.57. The van der Waals surface area contributed by atoms with Crippen LogP contribution in [-0.2, 0) is 0 Å². The Morgan fingerprint density at radius 1 is 1.21 bits per heavy atom. The summed E-state index contributed by atoms with van der Waals surface area (Å²) in [5.41, 5.74) is 0.302. The number of piperidine rings is 1. The molecule has 2 aliphatic rings. The molecule has 2 atom stereocenters. The van der Waals surface area contributed by atoms with Gasteiger partial charge in [0.15, 0.2) is 0 Å². The predicted octanol–water partition coefficient (Wildman–Crippen LogP) is 2.03. The van der Waals surface area contributed by atoms with Gasteiger partial charge in [-0.15, -0.1) is 0 Å². The average molecular weight is 260 g/mol. The maximum absolute atomic E-state index is 12.4. The first-order valence-electron chi connectivity index (χ1n) is 7.22. The molecule has 19 heavy (non-hydrogen) atoms. The van der Waals surface area contributed by atoms with Gasteiger partial charge in [-0.25, -0.2) is 0 Å². The van der Waals surface area contributed by atoms with Crippen molar-refractivity contribution in [3.63, 3.8) is 0 Å². The van der Waals surface area contributed by atoms with Crippen LogP contribution in [0.1, 0.15) is 42.5 Å². The number of H-pyrrole nitrogens is 1. The van der Waals surface area contributed by atoms with E-state index in [-0.39, 0.29) is 11.5 Å². The molecular formula is C15H20N2O2. The van der Waals surface area contributed by atoms with Crippen molar-refractivity contribution < 1.29 is 4.79 Å². The lowest BCUT2D eigenvalue weighted by Gasteiger charge is -2.41. The Kier molecular flexibility index (Phi) is 3.40. The molecule has 1 saturated carbocycles. The van der Waals surface area contributed by atoms with Gasteiger partial charge in [0.05, 0.1) is 0 Å². The first-order valence-corrected chi connectivity index (χ1v) is 7.22. The molecule has 2 fully saturated rings. The van der Waals surface area contributed by atoms with Gasteiger partial charge >= 0.3 is 0 Å². The number of hydrogen-bond donors (Lipinski definition) is 1. The van der Waals surface area contributed by atoms with Crippen molar-refractivity contribution in [1.82, 2.24) is 9.88 Å². The Balaban J connectivity index is 1.72. The van der Waals surface area contributed by atoms with Crippen LogP contribution >= 0.6 is 0 Å². The molecule has 2 unspecified atom stereocenters. The number of pyridine rings is 1. The molecule has 1 aliphatic heterocycles. The van der Waals surface area contributed by atoms with Gasteiger partial charge in [-0.3, -0.25) is 9.59 Å². The van der Waals surface area contributed by atoms with Crippen LogP contribution in [0.4, 0.5) is 0 Å². The molecule has 3 rings (SSSR count). The fourth-order valence-electron chi connectivity index (χ4n) is 3.55. The number of aromatic amines is 1. The van der Waals surface area contributed by atoms with Gasteiger partial charge in [0.25, 0.3) is 5.91 Å². The molecule has 0 spiro atoms. The van der Waals surface area contributed by atoms with E-state index in [1.807, 2.05) is 4.90 Å². The third-order valence-electron chi connectivity index (χ3n) is 4.60. The van der Waals surface area contributed by atoms with Crippen LogP contribution < -0.4 is 5.56 Å². The smallest absolute Gasteiger partial charge is 0.254 e. The fraction of sp³-hybridized carbons (Fsp3) is 0.600. The second-order valence-corrected chi connectivity index (χ2v) is 5.79. The summed E-state index contributed by atoms with van der Waals surface area (Å²) in [5, 5.41) is 0. The predicted molar refractivity (Wildman–Crippen MR) is 73.0 cm³/mol. The maximum Gasteiger partial charge on any atom is 0.254 e.